The molecule has 6 heterocycles. The van der Waals surface area contributed by atoms with Crippen LogP contribution in [0.25, 0.3) is 0 Å². The van der Waals surface area contributed by atoms with Crippen molar-refractivity contribution in [3.63, 3.8) is 0 Å². The van der Waals surface area contributed by atoms with Gasteiger partial charge in [-0.05, 0) is 46.3 Å². The first kappa shape index (κ1) is 61.7. The highest BCUT2D eigenvalue weighted by atomic mass is 15.5. The fourth-order valence-electron chi connectivity index (χ4n) is 8.17. The molecule has 6 aliphatic rings. The third-order valence-corrected chi connectivity index (χ3v) is 11.7. The number of nitrogens with zero attached hydrogens (tertiary/aromatic N) is 7. The highest BCUT2D eigenvalue weighted by Gasteiger charge is 2.26. The van der Waals surface area contributed by atoms with Gasteiger partial charge in [0, 0.05) is 72.5 Å². The maximum absolute atomic E-state index is 4.80. The van der Waals surface area contributed by atoms with E-state index in [1.54, 1.807) is 0 Å². The second kappa shape index (κ2) is 35.1. The van der Waals surface area contributed by atoms with E-state index in [1.165, 1.54) is 0 Å². The molecule has 0 aromatic heterocycles. The molecule has 0 aromatic carbocycles. The Morgan fingerprint density at radius 2 is 0.590 bits per heavy atom. The molecule has 444 valence electrons. The molecular weight excluding hydrogens is 1010 g/mol. The molecule has 0 spiro atoms. The first-order valence-corrected chi connectivity index (χ1v) is 27.8. The Bertz CT molecular complexity index is 1930. The maximum Gasteiger partial charge on any atom is 0.224 e. The van der Waals surface area contributed by atoms with E-state index in [0.717, 1.165) is 39.3 Å². The van der Waals surface area contributed by atoms with E-state index in [9.17, 15) is 0 Å². The monoisotopic (exact) mass is 1100 g/mol. The highest BCUT2D eigenvalue weighted by molar-refractivity contribution is 5.96. The van der Waals surface area contributed by atoms with Crippen molar-refractivity contribution in [1.29, 1.82) is 0 Å². The van der Waals surface area contributed by atoms with Crippen molar-refractivity contribution in [3.05, 3.63) is 0 Å². The van der Waals surface area contributed by atoms with Gasteiger partial charge in [0.1, 0.15) is 31.4 Å². The van der Waals surface area contributed by atoms with E-state index >= 15 is 0 Å². The molecule has 0 saturated carbocycles. The molecule has 0 aliphatic carbocycles. The molecule has 36 nitrogen and oxygen atoms in total. The Morgan fingerprint density at radius 3 is 0.949 bits per heavy atom. The zero-order chi connectivity index (χ0) is 55.2. The summed E-state index contributed by atoms with van der Waals surface area (Å²) in [5.41, 5.74) is 0. The van der Waals surface area contributed by atoms with Gasteiger partial charge in [0.05, 0.1) is 0 Å². The van der Waals surface area contributed by atoms with Gasteiger partial charge in [0.15, 0.2) is 67.5 Å². The summed E-state index contributed by atoms with van der Waals surface area (Å²) in [6.07, 6.45) is -2.55. The molecule has 0 aromatic rings. The Kier molecular flexibility index (Phi) is 27.8. The van der Waals surface area contributed by atoms with Crippen LogP contribution in [0.4, 0.5) is 0 Å². The second-order valence-corrected chi connectivity index (χ2v) is 17.8. The van der Waals surface area contributed by atoms with Crippen molar-refractivity contribution in [1.82, 2.24) is 154 Å². The minimum absolute atomic E-state index is 0.0995. The molecule has 6 aliphatic heterocycles. The van der Waals surface area contributed by atoms with Gasteiger partial charge in [-0.2, -0.15) is 4.99 Å². The number of aliphatic imine (C=N–C) groups is 7. The van der Waals surface area contributed by atoms with Crippen LogP contribution in [0.3, 0.4) is 0 Å². The van der Waals surface area contributed by atoms with Crippen LogP contribution in [0.15, 0.2) is 34.9 Å². The van der Waals surface area contributed by atoms with E-state index in [0.29, 0.717) is 107 Å². The summed E-state index contributed by atoms with van der Waals surface area (Å²) in [6.45, 7) is 23.0. The van der Waals surface area contributed by atoms with Gasteiger partial charge >= 0.3 is 0 Å². The van der Waals surface area contributed by atoms with Gasteiger partial charge in [-0.1, -0.05) is 41.5 Å². The molecule has 29 N–H and O–H groups in total. The van der Waals surface area contributed by atoms with Crippen molar-refractivity contribution >= 4 is 41.7 Å². The van der Waals surface area contributed by atoms with E-state index in [1.807, 2.05) is 27.9 Å². The summed E-state index contributed by atoms with van der Waals surface area (Å²) in [6, 6.07) is 0. The molecule has 0 saturated heterocycles. The Hall–Kier alpha value is -5.55. The molecule has 11 atom stereocenters. The van der Waals surface area contributed by atoms with Crippen LogP contribution < -0.4 is 154 Å². The Labute approximate surface area is 459 Å². The third-order valence-electron chi connectivity index (χ3n) is 11.7. The van der Waals surface area contributed by atoms with Gasteiger partial charge in [-0.25, -0.2) is 30.0 Å². The number of nitrogens with one attached hydrogen (secondary N) is 29. The predicted octanol–water partition coefficient (Wildman–Crippen LogP) is -11.8. The summed E-state index contributed by atoms with van der Waals surface area (Å²) in [4.78, 5) is 32.9. The lowest BCUT2D eigenvalue weighted by Crippen LogP contribution is -2.68. The fraction of sp³-hybridized carbons (Fsp3) is 0.833. The van der Waals surface area contributed by atoms with E-state index in [4.69, 9.17) is 20.0 Å². The lowest BCUT2D eigenvalue weighted by molar-refractivity contribution is 0.295. The maximum atomic E-state index is 4.80. The molecule has 0 fully saturated rings. The Balaban J connectivity index is 0.874. The number of hydrogen-bond donors (Lipinski definition) is 29. The first-order chi connectivity index (χ1) is 38.2. The predicted molar refractivity (Wildman–Crippen MR) is 308 cm³/mol. The normalized spacial score (nSPS) is 27.8. The average molecular weight is 1110 g/mol. The van der Waals surface area contributed by atoms with Crippen LogP contribution in [-0.2, 0) is 0 Å². The van der Waals surface area contributed by atoms with Crippen molar-refractivity contribution < 1.29 is 0 Å². The quantitative estimate of drug-likeness (QED) is 0.0278. The summed E-state index contributed by atoms with van der Waals surface area (Å²) in [5, 5.41) is 98.1. The smallest absolute Gasteiger partial charge is 0.224 e. The average Bonchev–Trinajstić information content (AvgIpc) is 3.43. The van der Waals surface area contributed by atoms with Crippen LogP contribution in [0.2, 0.25) is 0 Å². The molecule has 6 rings (SSSR count). The van der Waals surface area contributed by atoms with E-state index in [-0.39, 0.29) is 69.2 Å². The third kappa shape index (κ3) is 22.3. The van der Waals surface area contributed by atoms with Crippen LogP contribution in [0, 0.1) is 0 Å². The van der Waals surface area contributed by atoms with E-state index < -0.39 is 0 Å². The van der Waals surface area contributed by atoms with Crippen molar-refractivity contribution in [2.45, 2.75) is 111 Å². The molecule has 78 heavy (non-hydrogen) atoms. The topological polar surface area (TPSA) is 435 Å². The largest absolute Gasteiger partial charge is 0.359 e. The highest BCUT2D eigenvalue weighted by Crippen LogP contribution is 1.98. The fourth-order valence-corrected chi connectivity index (χ4v) is 8.17. The summed E-state index contributed by atoms with van der Waals surface area (Å²) in [7, 11) is 3.73. The van der Waals surface area contributed by atoms with Gasteiger partial charge < -0.3 is 69.1 Å². The first-order valence-electron chi connectivity index (χ1n) is 27.8. The molecule has 0 radical (unpaired) electrons. The SMILES string of the molecule is CCNC1N=C(NCCNC2NC(NC)=NC(NCC)N2)N=C(NCCNC2=NC(NCC)NC(NCCNC3=NC(NCC)NC(NCCNC4=NC(NCC)NC(NCCNC5=NC(NCC)NC(NC)N5)N4)N3)N2)N1. The Morgan fingerprint density at radius 1 is 0.295 bits per heavy atom. The summed E-state index contributed by atoms with van der Waals surface area (Å²) >= 11 is 0. The molecule has 0 bridgehead atoms. The molecule has 36 heteroatoms. The van der Waals surface area contributed by atoms with Crippen molar-refractivity contribution in [2.75, 3.05) is 119 Å². The van der Waals surface area contributed by atoms with Crippen LogP contribution in [0.1, 0.15) is 41.5 Å². The lowest BCUT2D eigenvalue weighted by Gasteiger charge is -2.34. The minimum Gasteiger partial charge on any atom is -0.359 e. The van der Waals surface area contributed by atoms with E-state index in [2.05, 4.69) is 197 Å². The lowest BCUT2D eigenvalue weighted by atomic mass is 10.5. The van der Waals surface area contributed by atoms with Crippen molar-refractivity contribution in [2.24, 2.45) is 34.9 Å². The number of hydrogen-bond acceptors (Lipinski definition) is 36. The molecule has 0 amide bonds. The standard InChI is InChI=1S/C42H96N36/c1-9-45-27-61-25(43-7)63-33(65-27)51-15-17-53-35-67-29(47-11-3)69-37(75-35)55-19-21-57-39-71-31(49-13-5)73-41(77-39)59-23-24-60-42-74-32(50-14-6)72-40(78-42)58-22-20-56-38-70-30(48-12-4)68-36(76-38)54-18-16-52-34-64-26(44-8)62-28(66-34)46-10-2/h25,27-32,34-35,39,42-43,45-50,52-53,57,60-61,66-67,71,74H,9-24H2,1-8H3,(H2,44,62,64)(H2,51,63,65)(H2,55,69,75)(H2,58,72,78)(H2,59,73,77)(H3,54,56,68,70,76). The van der Waals surface area contributed by atoms with Crippen molar-refractivity contribution in [3.8, 4) is 0 Å². The summed E-state index contributed by atoms with van der Waals surface area (Å²) in [5.74, 6) is 4.57. The van der Waals surface area contributed by atoms with Crippen LogP contribution in [0.5, 0.6) is 0 Å². The van der Waals surface area contributed by atoms with Gasteiger partial charge in [0.2, 0.25) is 11.9 Å². The van der Waals surface area contributed by atoms with Crippen LogP contribution in [-0.4, -0.2) is 230 Å². The zero-order valence-corrected chi connectivity index (χ0v) is 46.8. The number of guanidine groups is 7. The summed E-state index contributed by atoms with van der Waals surface area (Å²) < 4.78 is 0. The van der Waals surface area contributed by atoms with Gasteiger partial charge in [0.25, 0.3) is 0 Å². The molecular formula is C42H96N36. The second-order valence-electron chi connectivity index (χ2n) is 17.8. The molecule has 11 unspecified atom stereocenters. The zero-order valence-electron chi connectivity index (χ0n) is 46.8. The van der Waals surface area contributed by atoms with Gasteiger partial charge in [-0.15, -0.1) is 0 Å². The minimum atomic E-state index is -0.330. The number of rotatable bonds is 32. The van der Waals surface area contributed by atoms with Crippen LogP contribution >= 0.6 is 0 Å². The van der Waals surface area contributed by atoms with Gasteiger partial charge in [-0.3, -0.25) is 85.1 Å².